The van der Waals surface area contributed by atoms with Crippen molar-refractivity contribution in [2.75, 3.05) is 11.6 Å². The fraction of sp³-hybridized carbons (Fsp3) is 0.389. The van der Waals surface area contributed by atoms with Crippen molar-refractivity contribution in [1.29, 1.82) is 0 Å². The van der Waals surface area contributed by atoms with Gasteiger partial charge in [0.2, 0.25) is 0 Å². The van der Waals surface area contributed by atoms with E-state index in [1.165, 1.54) is 4.90 Å². The molecule has 0 aliphatic heterocycles. The van der Waals surface area contributed by atoms with Gasteiger partial charge in [0, 0.05) is 34.3 Å². The summed E-state index contributed by atoms with van der Waals surface area (Å²) < 4.78 is 0. The van der Waals surface area contributed by atoms with E-state index in [-0.39, 0.29) is 12.1 Å². The maximum atomic E-state index is 12.2. The minimum absolute atomic E-state index is 0.126. The molecule has 25 heavy (non-hydrogen) atoms. The Bertz CT molecular complexity index is 673. The lowest BCUT2D eigenvalue weighted by atomic mass is 9.95. The van der Waals surface area contributed by atoms with Crippen LogP contribution in [0.25, 0.3) is 0 Å². The number of carbonyl (C=O) groups excluding carboxylic acids is 1. The number of amides is 2. The molecule has 1 aliphatic rings. The van der Waals surface area contributed by atoms with Crippen LogP contribution in [0.15, 0.2) is 52.8 Å². The molecule has 7 heteroatoms. The molecule has 0 atom stereocenters. The van der Waals surface area contributed by atoms with Gasteiger partial charge < -0.3 is 10.6 Å². The summed E-state index contributed by atoms with van der Waals surface area (Å²) in [4.78, 5) is 21.9. The summed E-state index contributed by atoms with van der Waals surface area (Å²) in [6.45, 7) is 0. The number of urea groups is 1. The van der Waals surface area contributed by atoms with Crippen LogP contribution in [-0.2, 0) is 0 Å². The summed E-state index contributed by atoms with van der Waals surface area (Å²) in [6.07, 6.45) is 9.70. The molecule has 5 nitrogen and oxygen atoms in total. The maximum absolute atomic E-state index is 12.2. The summed E-state index contributed by atoms with van der Waals surface area (Å²) in [5.41, 5.74) is 0.820. The van der Waals surface area contributed by atoms with Crippen LogP contribution in [0.1, 0.15) is 25.7 Å². The fourth-order valence-electron chi connectivity index (χ4n) is 2.85. The third-order valence-corrected chi connectivity index (χ3v) is 6.14. The largest absolute Gasteiger partial charge is 0.335 e. The number of hydrogen-bond donors (Lipinski definition) is 2. The standard InChI is InChI=1S/C18H22N4OS2/c1-24-15-7-3-13(4-8-15)21-17(23)22-14-5-9-16(10-6-14)25-18-19-11-2-12-20-18/h2-4,7-8,11-12,14,16H,5-6,9-10H2,1H3,(H2,21,22,23). The van der Waals surface area contributed by atoms with E-state index >= 15 is 0 Å². The molecule has 1 aromatic heterocycles. The molecule has 0 unspecified atom stereocenters. The van der Waals surface area contributed by atoms with E-state index in [0.29, 0.717) is 5.25 Å². The predicted octanol–water partition coefficient (Wildman–Crippen LogP) is 4.42. The highest BCUT2D eigenvalue weighted by atomic mass is 32.2. The second kappa shape index (κ2) is 9.10. The molecule has 3 rings (SSSR count). The zero-order valence-electron chi connectivity index (χ0n) is 14.1. The average molecular weight is 375 g/mol. The molecule has 1 aliphatic carbocycles. The van der Waals surface area contributed by atoms with Crippen LogP contribution < -0.4 is 10.6 Å². The number of benzene rings is 1. The van der Waals surface area contributed by atoms with Crippen molar-refractivity contribution in [3.8, 4) is 0 Å². The van der Waals surface area contributed by atoms with Crippen LogP contribution in [0, 0.1) is 0 Å². The fourth-order valence-corrected chi connectivity index (χ4v) is 4.30. The highest BCUT2D eigenvalue weighted by Gasteiger charge is 2.23. The van der Waals surface area contributed by atoms with Crippen molar-refractivity contribution in [3.63, 3.8) is 0 Å². The molecule has 1 heterocycles. The molecule has 0 saturated heterocycles. The Morgan fingerprint density at radius 2 is 1.76 bits per heavy atom. The molecule has 0 radical (unpaired) electrons. The number of nitrogens with zero attached hydrogens (tertiary/aromatic N) is 2. The number of aromatic nitrogens is 2. The summed E-state index contributed by atoms with van der Waals surface area (Å²) in [7, 11) is 0. The summed E-state index contributed by atoms with van der Waals surface area (Å²) in [6, 6.07) is 9.82. The van der Waals surface area contributed by atoms with E-state index in [1.807, 2.05) is 36.6 Å². The molecular formula is C18H22N4OS2. The van der Waals surface area contributed by atoms with Crippen molar-refractivity contribution >= 4 is 35.2 Å². The molecule has 2 N–H and O–H groups in total. The molecule has 1 saturated carbocycles. The lowest BCUT2D eigenvalue weighted by Crippen LogP contribution is -2.40. The van der Waals surface area contributed by atoms with E-state index < -0.39 is 0 Å². The van der Waals surface area contributed by atoms with Crippen molar-refractivity contribution in [3.05, 3.63) is 42.7 Å². The highest BCUT2D eigenvalue weighted by molar-refractivity contribution is 7.99. The van der Waals surface area contributed by atoms with Gasteiger partial charge in [-0.15, -0.1) is 11.8 Å². The van der Waals surface area contributed by atoms with Gasteiger partial charge in [0.25, 0.3) is 0 Å². The number of carbonyl (C=O) groups is 1. The van der Waals surface area contributed by atoms with Gasteiger partial charge in [0.05, 0.1) is 0 Å². The molecule has 1 aromatic carbocycles. The van der Waals surface area contributed by atoms with Crippen molar-refractivity contribution in [1.82, 2.24) is 15.3 Å². The first-order valence-electron chi connectivity index (χ1n) is 8.38. The zero-order chi connectivity index (χ0) is 17.5. The second-order valence-corrected chi connectivity index (χ2v) is 8.10. The van der Waals surface area contributed by atoms with E-state index in [2.05, 4.69) is 20.6 Å². The Morgan fingerprint density at radius 3 is 2.40 bits per heavy atom. The van der Waals surface area contributed by atoms with E-state index in [4.69, 9.17) is 0 Å². The number of anilines is 1. The Balaban J connectivity index is 1.41. The topological polar surface area (TPSA) is 66.9 Å². The van der Waals surface area contributed by atoms with Gasteiger partial charge in [-0.3, -0.25) is 0 Å². The van der Waals surface area contributed by atoms with Gasteiger partial charge in [-0.2, -0.15) is 0 Å². The van der Waals surface area contributed by atoms with Gasteiger partial charge >= 0.3 is 6.03 Å². The van der Waals surface area contributed by atoms with E-state index in [1.54, 1.807) is 35.9 Å². The van der Waals surface area contributed by atoms with Gasteiger partial charge in [0.1, 0.15) is 0 Å². The first-order chi connectivity index (χ1) is 12.2. The number of nitrogens with one attached hydrogen (secondary N) is 2. The lowest BCUT2D eigenvalue weighted by Gasteiger charge is -2.28. The number of hydrogen-bond acceptors (Lipinski definition) is 5. The normalized spacial score (nSPS) is 20.0. The lowest BCUT2D eigenvalue weighted by molar-refractivity contribution is 0.244. The monoisotopic (exact) mass is 374 g/mol. The molecule has 1 fully saturated rings. The van der Waals surface area contributed by atoms with Crippen LogP contribution in [0.5, 0.6) is 0 Å². The number of rotatable bonds is 5. The molecular weight excluding hydrogens is 352 g/mol. The minimum Gasteiger partial charge on any atom is -0.335 e. The Kier molecular flexibility index (Phi) is 6.58. The molecule has 132 valence electrons. The molecule has 2 amide bonds. The SMILES string of the molecule is CSc1ccc(NC(=O)NC2CCC(Sc3ncccn3)CC2)cc1. The van der Waals surface area contributed by atoms with E-state index in [9.17, 15) is 4.79 Å². The Hall–Kier alpha value is -1.73. The summed E-state index contributed by atoms with van der Waals surface area (Å²) in [5, 5.41) is 7.36. The Labute approximate surface area is 156 Å². The van der Waals surface area contributed by atoms with Crippen molar-refractivity contribution in [2.24, 2.45) is 0 Å². The average Bonchev–Trinajstić information content (AvgIpc) is 2.65. The van der Waals surface area contributed by atoms with Crippen LogP contribution in [0.3, 0.4) is 0 Å². The maximum Gasteiger partial charge on any atom is 0.319 e. The van der Waals surface area contributed by atoms with Crippen LogP contribution >= 0.6 is 23.5 Å². The van der Waals surface area contributed by atoms with Crippen LogP contribution in [0.2, 0.25) is 0 Å². The molecule has 0 bridgehead atoms. The quantitative estimate of drug-likeness (QED) is 0.599. The third kappa shape index (κ3) is 5.64. The Morgan fingerprint density at radius 1 is 1.08 bits per heavy atom. The summed E-state index contributed by atoms with van der Waals surface area (Å²) in [5.74, 6) is 0. The van der Waals surface area contributed by atoms with E-state index in [0.717, 1.165) is 36.5 Å². The van der Waals surface area contributed by atoms with Crippen LogP contribution in [0.4, 0.5) is 10.5 Å². The van der Waals surface area contributed by atoms with Crippen LogP contribution in [-0.4, -0.2) is 33.5 Å². The third-order valence-electron chi connectivity index (χ3n) is 4.17. The second-order valence-electron chi connectivity index (χ2n) is 5.95. The predicted molar refractivity (Wildman–Crippen MR) is 104 cm³/mol. The van der Waals surface area contributed by atoms with Crippen molar-refractivity contribution in [2.45, 2.75) is 47.0 Å². The van der Waals surface area contributed by atoms with Gasteiger partial charge in [-0.05, 0) is 62.3 Å². The first-order valence-corrected chi connectivity index (χ1v) is 10.5. The number of thioether (sulfide) groups is 2. The molecule has 0 spiro atoms. The zero-order valence-corrected chi connectivity index (χ0v) is 15.8. The van der Waals surface area contributed by atoms with Gasteiger partial charge in [-0.25, -0.2) is 14.8 Å². The smallest absolute Gasteiger partial charge is 0.319 e. The molecule has 2 aromatic rings. The van der Waals surface area contributed by atoms with Crippen molar-refractivity contribution < 1.29 is 4.79 Å². The minimum atomic E-state index is -0.126. The highest BCUT2D eigenvalue weighted by Crippen LogP contribution is 2.31. The van der Waals surface area contributed by atoms with Gasteiger partial charge in [-0.1, -0.05) is 11.8 Å². The van der Waals surface area contributed by atoms with Gasteiger partial charge in [0.15, 0.2) is 5.16 Å². The first kappa shape index (κ1) is 18.1. The summed E-state index contributed by atoms with van der Waals surface area (Å²) >= 11 is 3.43.